The largest absolute Gasteiger partial charge is 0.444 e. The molecule has 0 radical (unpaired) electrons. The highest BCUT2D eigenvalue weighted by molar-refractivity contribution is 8.11. The van der Waals surface area contributed by atoms with Crippen LogP contribution >= 0.6 is 46.6 Å². The average Bonchev–Trinajstić information content (AvgIpc) is 1.56. The van der Waals surface area contributed by atoms with E-state index in [1.165, 1.54) is 18.8 Å². The van der Waals surface area contributed by atoms with Crippen molar-refractivity contribution in [2.75, 3.05) is 14.1 Å². The second-order valence-corrected chi connectivity index (χ2v) is 9.72. The van der Waals surface area contributed by atoms with E-state index in [0.29, 0.717) is 0 Å². The van der Waals surface area contributed by atoms with Gasteiger partial charge in [-0.05, 0) is 36.6 Å². The summed E-state index contributed by atoms with van der Waals surface area (Å²) in [6.07, 6.45) is 0. The molecule has 0 aromatic rings. The van der Waals surface area contributed by atoms with Crippen molar-refractivity contribution in [3.63, 3.8) is 0 Å². The van der Waals surface area contributed by atoms with E-state index in [0.717, 1.165) is 0 Å². The van der Waals surface area contributed by atoms with Crippen LogP contribution in [-0.4, -0.2) is 18.8 Å². The minimum atomic E-state index is -4.50. The molecular weight excluding hydrogens is 255 g/mol. The number of hydrogen-bond donors (Lipinski definition) is 0. The quantitative estimate of drug-likeness (QED) is 0.695. The molecule has 3 nitrogen and oxygen atoms in total. The Morgan fingerprint density at radius 3 is 1.82 bits per heavy atom. The van der Waals surface area contributed by atoms with Gasteiger partial charge in [-0.3, -0.25) is 4.67 Å². The number of hydrogen-bond acceptors (Lipinski definition) is 1. The van der Waals surface area contributed by atoms with Gasteiger partial charge in [0, 0.05) is 11.2 Å². The molecule has 0 spiro atoms. The first-order valence-corrected chi connectivity index (χ1v) is 8.31. The molecule has 0 aliphatic carbocycles. The zero-order chi connectivity index (χ0) is 9.28. The predicted molar refractivity (Wildman–Crippen MR) is 49.3 cm³/mol. The minimum Gasteiger partial charge on any atom is -0.252 e. The lowest BCUT2D eigenvalue weighted by atomic mass is 11.3. The van der Waals surface area contributed by atoms with Gasteiger partial charge < -0.3 is 0 Å². The lowest BCUT2D eigenvalue weighted by Gasteiger charge is -2.15. The van der Waals surface area contributed by atoms with Crippen LogP contribution in [0.5, 0.6) is 0 Å². The fourth-order valence-electron chi connectivity index (χ4n) is 0.205. The maximum atomic E-state index is 12.2. The van der Waals surface area contributed by atoms with E-state index in [9.17, 15) is 8.76 Å². The smallest absolute Gasteiger partial charge is 0.252 e. The van der Waals surface area contributed by atoms with Gasteiger partial charge in [0.25, 0.3) is 0 Å². The molecule has 0 aromatic carbocycles. The van der Waals surface area contributed by atoms with Gasteiger partial charge in [-0.1, -0.05) is 0 Å². The van der Waals surface area contributed by atoms with E-state index < -0.39 is 12.9 Å². The summed E-state index contributed by atoms with van der Waals surface area (Å²) in [6.45, 7) is -4.50. The summed E-state index contributed by atoms with van der Waals surface area (Å²) in [7, 11) is 2.98. The van der Waals surface area contributed by atoms with Gasteiger partial charge in [-0.2, -0.15) is 4.52 Å². The molecule has 0 saturated heterocycles. The summed E-state index contributed by atoms with van der Waals surface area (Å²) in [5, 5.41) is 0. The number of rotatable bonds is 2. The van der Waals surface area contributed by atoms with Gasteiger partial charge in [0.1, 0.15) is 0 Å². The van der Waals surface area contributed by atoms with Crippen molar-refractivity contribution in [2.24, 2.45) is 4.52 Å². The van der Waals surface area contributed by atoms with E-state index >= 15 is 0 Å². The topological polar surface area (TPSA) is 32.7 Å². The first-order valence-electron chi connectivity index (χ1n) is 2.35. The van der Waals surface area contributed by atoms with Crippen molar-refractivity contribution in [1.29, 1.82) is 0 Å². The Bertz CT molecular complexity index is 231. The Balaban J connectivity index is 4.83. The molecule has 0 rings (SSSR count). The van der Waals surface area contributed by atoms with Crippen molar-refractivity contribution >= 4 is 46.6 Å². The van der Waals surface area contributed by atoms with Gasteiger partial charge in [-0.15, -0.1) is 4.20 Å². The monoisotopic (exact) mass is 260 g/mol. The lowest BCUT2D eigenvalue weighted by molar-refractivity contribution is 0.555. The third-order valence-electron chi connectivity index (χ3n) is 0.693. The van der Waals surface area contributed by atoms with Crippen LogP contribution in [0.25, 0.3) is 0 Å². The van der Waals surface area contributed by atoms with Crippen molar-refractivity contribution in [3.05, 3.63) is 0 Å². The summed E-state index contributed by atoms with van der Waals surface area (Å²) < 4.78 is 26.8. The van der Waals surface area contributed by atoms with Gasteiger partial charge in [0.15, 0.2) is 0 Å². The van der Waals surface area contributed by atoms with Crippen molar-refractivity contribution in [1.82, 2.24) is 4.67 Å². The standard InChI is InChI=1S/C2H6Cl3FN2OP2/c1-8(2)10(3,4)7-11(5,6)9/h1-2H3. The Labute approximate surface area is 78.8 Å². The Kier molecular flexibility index (Phi) is 4.39. The van der Waals surface area contributed by atoms with Crippen LogP contribution in [0.1, 0.15) is 0 Å². The Hall–Kier alpha value is 1.22. The normalized spacial score (nSPS) is 18.1. The summed E-state index contributed by atoms with van der Waals surface area (Å²) in [5.74, 6) is -3.00. The van der Waals surface area contributed by atoms with E-state index in [4.69, 9.17) is 33.7 Å². The van der Waals surface area contributed by atoms with Crippen molar-refractivity contribution in [3.8, 4) is 0 Å². The number of halogens is 4. The summed E-state index contributed by atoms with van der Waals surface area (Å²) in [5.41, 5.74) is 0. The van der Waals surface area contributed by atoms with Crippen LogP contribution in [0, 0.1) is 0 Å². The van der Waals surface area contributed by atoms with Crippen molar-refractivity contribution in [2.45, 2.75) is 0 Å². The highest BCUT2D eigenvalue weighted by Gasteiger charge is 2.24. The molecule has 0 N–H and O–H groups in total. The Morgan fingerprint density at radius 1 is 1.36 bits per heavy atom. The molecule has 68 valence electrons. The fourth-order valence-corrected chi connectivity index (χ4v) is 4.92. The molecular formula is C2H6Cl3FN2OP2. The Morgan fingerprint density at radius 2 is 1.73 bits per heavy atom. The molecule has 9 heteroatoms. The first-order chi connectivity index (χ1) is 4.65. The maximum Gasteiger partial charge on any atom is 0.444 e. The van der Waals surface area contributed by atoms with Crippen molar-refractivity contribution < 1.29 is 8.76 Å². The minimum absolute atomic E-state index is 1.27. The molecule has 0 saturated carbocycles. The second-order valence-electron chi connectivity index (χ2n) is 1.83. The van der Waals surface area contributed by atoms with E-state index in [1.807, 2.05) is 0 Å². The summed E-state index contributed by atoms with van der Waals surface area (Å²) in [4.78, 5) is 0. The molecule has 0 fully saturated rings. The third kappa shape index (κ3) is 5.46. The molecule has 0 aliphatic rings. The van der Waals surface area contributed by atoms with Crippen LogP contribution in [0.15, 0.2) is 4.52 Å². The second kappa shape index (κ2) is 3.95. The first kappa shape index (κ1) is 12.2. The fraction of sp³-hybridized carbons (Fsp3) is 1.00. The van der Waals surface area contributed by atoms with Gasteiger partial charge in [0.05, 0.1) is 0 Å². The van der Waals surface area contributed by atoms with Gasteiger partial charge in [-0.25, -0.2) is 4.57 Å². The van der Waals surface area contributed by atoms with Crippen LogP contribution in [0.4, 0.5) is 4.20 Å². The van der Waals surface area contributed by atoms with E-state index in [-0.39, 0.29) is 0 Å². The molecule has 0 heterocycles. The highest BCUT2D eigenvalue weighted by Crippen LogP contribution is 2.71. The maximum absolute atomic E-state index is 12.2. The summed E-state index contributed by atoms with van der Waals surface area (Å²) in [6, 6.07) is 0. The van der Waals surface area contributed by atoms with Crippen LogP contribution in [-0.2, 0) is 4.57 Å². The zero-order valence-electron chi connectivity index (χ0n) is 5.71. The number of nitrogens with zero attached hydrogens (tertiary/aromatic N) is 2. The van der Waals surface area contributed by atoms with E-state index in [2.05, 4.69) is 4.52 Å². The van der Waals surface area contributed by atoms with Crippen LogP contribution < -0.4 is 0 Å². The zero-order valence-corrected chi connectivity index (χ0v) is 9.77. The molecule has 1 unspecified atom stereocenters. The SMILES string of the molecule is CN(C)P(Cl)(Cl)=NP(=O)(F)Cl. The molecule has 0 aliphatic heterocycles. The highest BCUT2D eigenvalue weighted by atomic mass is 35.9. The van der Waals surface area contributed by atoms with Crippen LogP contribution in [0.3, 0.4) is 0 Å². The predicted octanol–water partition coefficient (Wildman–Crippen LogP) is 4.29. The average molecular weight is 261 g/mol. The molecule has 1 atom stereocenters. The molecule has 11 heavy (non-hydrogen) atoms. The van der Waals surface area contributed by atoms with Crippen LogP contribution in [0.2, 0.25) is 0 Å². The van der Waals surface area contributed by atoms with E-state index in [1.54, 1.807) is 0 Å². The molecule has 0 amide bonds. The third-order valence-corrected chi connectivity index (χ3v) is 6.99. The molecule has 0 bridgehead atoms. The van der Waals surface area contributed by atoms with Gasteiger partial charge >= 0.3 is 6.96 Å². The molecule has 0 aromatic heterocycles. The summed E-state index contributed by atoms with van der Waals surface area (Å²) >= 11 is 15.7. The lowest BCUT2D eigenvalue weighted by Crippen LogP contribution is -1.99. The van der Waals surface area contributed by atoms with Gasteiger partial charge in [0.2, 0.25) is 5.91 Å².